The number of hydrogen-bond donors (Lipinski definition) is 1. The third kappa shape index (κ3) is 5.52. The Balaban J connectivity index is 1.90. The minimum absolute atomic E-state index is 0.144. The maximum atomic E-state index is 13.1. The van der Waals surface area contributed by atoms with Crippen LogP contribution in [0.1, 0.15) is 5.56 Å². The summed E-state index contributed by atoms with van der Waals surface area (Å²) in [6, 6.07) is 12.6. The lowest BCUT2D eigenvalue weighted by molar-refractivity contribution is -0.129. The molecule has 0 spiro atoms. The second-order valence-electron chi connectivity index (χ2n) is 5.14. The maximum Gasteiger partial charge on any atom is 0.246 e. The Kier molecular flexibility index (Phi) is 6.09. The fourth-order valence-electron chi connectivity index (χ4n) is 1.97. The molecule has 0 aliphatic rings. The van der Waals surface area contributed by atoms with Crippen LogP contribution in [0, 0.1) is 5.82 Å². The summed E-state index contributed by atoms with van der Waals surface area (Å²) in [4.78, 5) is 25.2. The first-order valence-corrected chi connectivity index (χ1v) is 7.56. The number of halogens is 2. The molecule has 6 heteroatoms. The normalized spacial score (nSPS) is 10.6. The first-order chi connectivity index (χ1) is 11.4. The Labute approximate surface area is 144 Å². The molecule has 0 heterocycles. The fourth-order valence-corrected chi connectivity index (χ4v) is 2.16. The lowest BCUT2D eigenvalue weighted by Gasteiger charge is -2.14. The summed E-state index contributed by atoms with van der Waals surface area (Å²) in [5.74, 6) is -1.18. The maximum absolute atomic E-state index is 13.1. The van der Waals surface area contributed by atoms with Crippen molar-refractivity contribution in [2.24, 2.45) is 0 Å². The van der Waals surface area contributed by atoms with Crippen molar-refractivity contribution in [1.29, 1.82) is 0 Å². The van der Waals surface area contributed by atoms with E-state index < -0.39 is 11.7 Å². The van der Waals surface area contributed by atoms with Crippen LogP contribution in [0.4, 0.5) is 10.1 Å². The summed E-state index contributed by atoms with van der Waals surface area (Å²) in [7, 11) is 1.51. The van der Waals surface area contributed by atoms with E-state index in [2.05, 4.69) is 5.32 Å². The van der Waals surface area contributed by atoms with Gasteiger partial charge in [-0.15, -0.1) is 0 Å². The van der Waals surface area contributed by atoms with Gasteiger partial charge in [-0.1, -0.05) is 29.8 Å². The van der Waals surface area contributed by atoms with Gasteiger partial charge in [-0.25, -0.2) is 4.39 Å². The SMILES string of the molecule is CN(CC(=O)Nc1cccc(F)c1)C(=O)/C=C/c1cccc(Cl)c1. The molecule has 0 aromatic heterocycles. The average Bonchev–Trinajstić information content (AvgIpc) is 2.52. The molecule has 1 N–H and O–H groups in total. The molecule has 0 aliphatic carbocycles. The third-order valence-electron chi connectivity index (χ3n) is 3.13. The monoisotopic (exact) mass is 346 g/mol. The highest BCUT2D eigenvalue weighted by molar-refractivity contribution is 6.30. The third-order valence-corrected chi connectivity index (χ3v) is 3.37. The average molecular weight is 347 g/mol. The number of carbonyl (C=O) groups excluding carboxylic acids is 2. The number of anilines is 1. The highest BCUT2D eigenvalue weighted by Gasteiger charge is 2.11. The van der Waals surface area contributed by atoms with Gasteiger partial charge in [0, 0.05) is 23.8 Å². The molecule has 0 saturated heterocycles. The van der Waals surface area contributed by atoms with Gasteiger partial charge in [-0.05, 0) is 42.0 Å². The standard InChI is InChI=1S/C18H16ClFN2O2/c1-22(12-17(23)21-16-7-3-6-15(20)11-16)18(24)9-8-13-4-2-5-14(19)10-13/h2-11H,12H2,1H3,(H,21,23)/b9-8+. The molecular formula is C18H16ClFN2O2. The van der Waals surface area contributed by atoms with E-state index >= 15 is 0 Å². The molecule has 2 aromatic carbocycles. The molecule has 2 rings (SSSR count). The number of amides is 2. The second kappa shape index (κ2) is 8.26. The van der Waals surface area contributed by atoms with E-state index in [1.165, 1.54) is 36.2 Å². The van der Waals surface area contributed by atoms with Crippen molar-refractivity contribution in [3.05, 3.63) is 71.0 Å². The van der Waals surface area contributed by atoms with Crippen LogP contribution in [0.2, 0.25) is 5.02 Å². The van der Waals surface area contributed by atoms with Gasteiger partial charge >= 0.3 is 0 Å². The van der Waals surface area contributed by atoms with E-state index in [4.69, 9.17) is 11.6 Å². The molecule has 0 bridgehead atoms. The number of nitrogens with one attached hydrogen (secondary N) is 1. The lowest BCUT2D eigenvalue weighted by atomic mass is 10.2. The zero-order valence-electron chi connectivity index (χ0n) is 13.0. The van der Waals surface area contributed by atoms with Crippen LogP contribution >= 0.6 is 11.6 Å². The van der Waals surface area contributed by atoms with E-state index in [1.54, 1.807) is 30.3 Å². The second-order valence-corrected chi connectivity index (χ2v) is 5.58. The molecule has 24 heavy (non-hydrogen) atoms. The van der Waals surface area contributed by atoms with Crippen LogP contribution in [0.5, 0.6) is 0 Å². The topological polar surface area (TPSA) is 49.4 Å². The van der Waals surface area contributed by atoms with Gasteiger partial charge in [-0.3, -0.25) is 9.59 Å². The summed E-state index contributed by atoms with van der Waals surface area (Å²) in [5.41, 5.74) is 1.13. The molecule has 0 atom stereocenters. The number of benzene rings is 2. The first-order valence-electron chi connectivity index (χ1n) is 7.18. The lowest BCUT2D eigenvalue weighted by Crippen LogP contribution is -2.33. The Morgan fingerprint density at radius 2 is 1.96 bits per heavy atom. The van der Waals surface area contributed by atoms with Gasteiger partial charge in [0.2, 0.25) is 11.8 Å². The number of rotatable bonds is 5. The Morgan fingerprint density at radius 1 is 1.21 bits per heavy atom. The predicted molar refractivity (Wildman–Crippen MR) is 93.2 cm³/mol. The Bertz CT molecular complexity index is 777. The van der Waals surface area contributed by atoms with E-state index in [-0.39, 0.29) is 12.5 Å². The Hall–Kier alpha value is -2.66. The Morgan fingerprint density at radius 3 is 2.67 bits per heavy atom. The molecule has 0 radical (unpaired) electrons. The van der Waals surface area contributed by atoms with Gasteiger partial charge in [0.1, 0.15) is 5.82 Å². The van der Waals surface area contributed by atoms with Crippen LogP contribution < -0.4 is 5.32 Å². The number of hydrogen-bond acceptors (Lipinski definition) is 2. The molecular weight excluding hydrogens is 331 g/mol. The van der Waals surface area contributed by atoms with Crippen molar-refractivity contribution in [3.63, 3.8) is 0 Å². The molecule has 0 aliphatic heterocycles. The van der Waals surface area contributed by atoms with Crippen molar-refractivity contribution in [1.82, 2.24) is 4.90 Å². The summed E-state index contributed by atoms with van der Waals surface area (Å²) in [6.07, 6.45) is 2.98. The molecule has 0 fully saturated rings. The summed E-state index contributed by atoms with van der Waals surface area (Å²) in [6.45, 7) is -0.144. The minimum atomic E-state index is -0.443. The van der Waals surface area contributed by atoms with Crippen molar-refractivity contribution in [2.75, 3.05) is 18.9 Å². The highest BCUT2D eigenvalue weighted by atomic mass is 35.5. The molecule has 2 amide bonds. The van der Waals surface area contributed by atoms with Gasteiger partial charge in [-0.2, -0.15) is 0 Å². The van der Waals surface area contributed by atoms with Crippen LogP contribution in [-0.4, -0.2) is 30.3 Å². The smallest absolute Gasteiger partial charge is 0.246 e. The van der Waals surface area contributed by atoms with Crippen molar-refractivity contribution < 1.29 is 14.0 Å². The van der Waals surface area contributed by atoms with E-state index in [0.717, 1.165) is 5.56 Å². The summed E-state index contributed by atoms with van der Waals surface area (Å²) in [5, 5.41) is 3.11. The number of nitrogens with zero attached hydrogens (tertiary/aromatic N) is 1. The van der Waals surface area contributed by atoms with Crippen molar-refractivity contribution in [2.45, 2.75) is 0 Å². The van der Waals surface area contributed by atoms with Crippen LogP contribution in [0.3, 0.4) is 0 Å². The number of likely N-dealkylation sites (N-methyl/N-ethyl adjacent to an activating group) is 1. The molecule has 2 aromatic rings. The van der Waals surface area contributed by atoms with Gasteiger partial charge in [0.15, 0.2) is 0 Å². The van der Waals surface area contributed by atoms with Gasteiger partial charge in [0.05, 0.1) is 6.54 Å². The summed E-state index contributed by atoms with van der Waals surface area (Å²) < 4.78 is 13.1. The molecule has 124 valence electrons. The van der Waals surface area contributed by atoms with Gasteiger partial charge < -0.3 is 10.2 Å². The molecule has 0 unspecified atom stereocenters. The largest absolute Gasteiger partial charge is 0.333 e. The van der Waals surface area contributed by atoms with E-state index in [1.807, 2.05) is 6.07 Å². The fraction of sp³-hybridized carbons (Fsp3) is 0.111. The number of carbonyl (C=O) groups is 2. The zero-order valence-corrected chi connectivity index (χ0v) is 13.8. The quantitative estimate of drug-likeness (QED) is 0.841. The van der Waals surface area contributed by atoms with E-state index in [0.29, 0.717) is 10.7 Å². The van der Waals surface area contributed by atoms with E-state index in [9.17, 15) is 14.0 Å². The van der Waals surface area contributed by atoms with Crippen LogP contribution in [-0.2, 0) is 9.59 Å². The molecule has 0 saturated carbocycles. The first kappa shape index (κ1) is 17.7. The zero-order chi connectivity index (χ0) is 17.5. The highest BCUT2D eigenvalue weighted by Crippen LogP contribution is 2.12. The summed E-state index contributed by atoms with van der Waals surface area (Å²) >= 11 is 5.87. The van der Waals surface area contributed by atoms with Crippen molar-refractivity contribution >= 4 is 35.2 Å². The predicted octanol–water partition coefficient (Wildman–Crippen LogP) is 3.59. The molecule has 4 nitrogen and oxygen atoms in total. The minimum Gasteiger partial charge on any atom is -0.333 e. The van der Waals surface area contributed by atoms with Crippen LogP contribution in [0.15, 0.2) is 54.6 Å². The van der Waals surface area contributed by atoms with Crippen LogP contribution in [0.25, 0.3) is 6.08 Å². The van der Waals surface area contributed by atoms with Crippen molar-refractivity contribution in [3.8, 4) is 0 Å². The van der Waals surface area contributed by atoms with Gasteiger partial charge in [0.25, 0.3) is 0 Å².